The second kappa shape index (κ2) is 11.5. The van der Waals surface area contributed by atoms with Crippen molar-refractivity contribution >= 4 is 21.8 Å². The Morgan fingerprint density at radius 3 is 1.30 bits per heavy atom. The van der Waals surface area contributed by atoms with Crippen molar-refractivity contribution < 1.29 is 17.6 Å². The van der Waals surface area contributed by atoms with E-state index < -0.39 is 23.3 Å². The van der Waals surface area contributed by atoms with Gasteiger partial charge in [-0.2, -0.15) is 0 Å². The molecule has 1 nitrogen and oxygen atoms in total. The van der Waals surface area contributed by atoms with Crippen LogP contribution in [0.25, 0.3) is 72.0 Å². The first-order valence-corrected chi connectivity index (χ1v) is 15.2. The molecule has 0 radical (unpaired) electrons. The Hall–Kier alpha value is -5.94. The highest BCUT2D eigenvalue weighted by Gasteiger charge is 2.19. The standard InChI is InChI=1S/C42H25F4N/c43-31-18-29(19-32(44)24-31)27-14-16-41-38(22-27)39-23-28(30-20-33(45)25-34(46)21-30)15-17-42(39)47(41)40-13-7-6-12-37(40)36-11-5-4-10-35(36)26-8-2-1-3-9-26/h1-25H. The van der Waals surface area contributed by atoms with Crippen LogP contribution in [-0.4, -0.2) is 4.57 Å². The lowest BCUT2D eigenvalue weighted by Gasteiger charge is -2.17. The number of halogens is 4. The maximum Gasteiger partial charge on any atom is 0.126 e. The van der Waals surface area contributed by atoms with Crippen LogP contribution < -0.4 is 0 Å². The molecule has 0 aliphatic heterocycles. The minimum absolute atomic E-state index is 0.408. The van der Waals surface area contributed by atoms with Gasteiger partial charge in [0.15, 0.2) is 0 Å². The average Bonchev–Trinajstić information content (AvgIpc) is 3.40. The number of aromatic nitrogens is 1. The molecule has 8 aromatic rings. The summed E-state index contributed by atoms with van der Waals surface area (Å²) in [4.78, 5) is 0. The lowest BCUT2D eigenvalue weighted by Crippen LogP contribution is -1.98. The van der Waals surface area contributed by atoms with Gasteiger partial charge in [0.25, 0.3) is 0 Å². The molecule has 47 heavy (non-hydrogen) atoms. The fourth-order valence-electron chi connectivity index (χ4n) is 6.57. The van der Waals surface area contributed by atoms with Crippen LogP contribution in [0.1, 0.15) is 0 Å². The molecule has 0 aliphatic carbocycles. The molecular weight excluding hydrogens is 594 g/mol. The Morgan fingerprint density at radius 1 is 0.319 bits per heavy atom. The van der Waals surface area contributed by atoms with Gasteiger partial charge in [0.05, 0.1) is 16.7 Å². The molecular formula is C42H25F4N. The second-order valence-electron chi connectivity index (χ2n) is 11.5. The number of rotatable bonds is 5. The second-order valence-corrected chi connectivity index (χ2v) is 11.5. The lowest BCUT2D eigenvalue weighted by atomic mass is 9.93. The Kier molecular flexibility index (Phi) is 6.95. The lowest BCUT2D eigenvalue weighted by molar-refractivity contribution is 0.583. The third-order valence-corrected chi connectivity index (χ3v) is 8.60. The van der Waals surface area contributed by atoms with Crippen molar-refractivity contribution in [3.05, 3.63) is 175 Å². The van der Waals surface area contributed by atoms with Crippen molar-refractivity contribution in [3.8, 4) is 50.2 Å². The summed E-state index contributed by atoms with van der Waals surface area (Å²) in [6.45, 7) is 0. The van der Waals surface area contributed by atoms with E-state index in [9.17, 15) is 17.6 Å². The molecule has 7 aromatic carbocycles. The molecule has 0 bridgehead atoms. The molecule has 5 heteroatoms. The van der Waals surface area contributed by atoms with E-state index in [0.717, 1.165) is 61.9 Å². The minimum atomic E-state index is -0.663. The summed E-state index contributed by atoms with van der Waals surface area (Å²) < 4.78 is 59.2. The molecule has 0 fully saturated rings. The van der Waals surface area contributed by atoms with Crippen LogP contribution in [0, 0.1) is 23.3 Å². The Bertz CT molecular complexity index is 2310. The first kappa shape index (κ1) is 28.5. The highest BCUT2D eigenvalue weighted by atomic mass is 19.1. The van der Waals surface area contributed by atoms with Gasteiger partial charge in [-0.25, -0.2) is 17.6 Å². The van der Waals surface area contributed by atoms with E-state index in [4.69, 9.17) is 0 Å². The van der Waals surface area contributed by atoms with Crippen molar-refractivity contribution in [1.29, 1.82) is 0 Å². The monoisotopic (exact) mass is 619 g/mol. The van der Waals surface area contributed by atoms with Gasteiger partial charge in [-0.1, -0.05) is 84.9 Å². The van der Waals surface area contributed by atoms with E-state index in [0.29, 0.717) is 22.3 Å². The number of para-hydroxylation sites is 1. The van der Waals surface area contributed by atoms with Crippen molar-refractivity contribution in [1.82, 2.24) is 4.57 Å². The van der Waals surface area contributed by atoms with Gasteiger partial charge in [0.1, 0.15) is 23.3 Å². The number of benzene rings is 7. The van der Waals surface area contributed by atoms with E-state index in [1.165, 1.54) is 24.3 Å². The highest BCUT2D eigenvalue weighted by molar-refractivity contribution is 6.12. The fourth-order valence-corrected chi connectivity index (χ4v) is 6.57. The molecule has 1 heterocycles. The molecule has 8 rings (SSSR count). The van der Waals surface area contributed by atoms with Gasteiger partial charge < -0.3 is 4.57 Å². The van der Waals surface area contributed by atoms with Crippen molar-refractivity contribution in [2.45, 2.75) is 0 Å². The summed E-state index contributed by atoms with van der Waals surface area (Å²) in [5.74, 6) is -2.65. The Balaban J connectivity index is 1.41. The Morgan fingerprint density at radius 2 is 0.766 bits per heavy atom. The predicted molar refractivity (Wildman–Crippen MR) is 182 cm³/mol. The zero-order chi connectivity index (χ0) is 32.1. The summed E-state index contributed by atoms with van der Waals surface area (Å²) in [6, 6.07) is 45.1. The van der Waals surface area contributed by atoms with Gasteiger partial charge in [0.2, 0.25) is 0 Å². The maximum absolute atomic E-state index is 14.3. The molecule has 226 valence electrons. The molecule has 0 spiro atoms. The molecule has 0 atom stereocenters. The van der Waals surface area contributed by atoms with Crippen LogP contribution in [0.4, 0.5) is 17.6 Å². The van der Waals surface area contributed by atoms with Gasteiger partial charge in [-0.15, -0.1) is 0 Å². The van der Waals surface area contributed by atoms with Gasteiger partial charge >= 0.3 is 0 Å². The maximum atomic E-state index is 14.3. The third kappa shape index (κ3) is 5.16. The zero-order valence-electron chi connectivity index (χ0n) is 24.9. The molecule has 0 aliphatic rings. The highest BCUT2D eigenvalue weighted by Crippen LogP contribution is 2.41. The molecule has 1 aromatic heterocycles. The number of hydrogen-bond acceptors (Lipinski definition) is 0. The third-order valence-electron chi connectivity index (χ3n) is 8.60. The largest absolute Gasteiger partial charge is 0.309 e. The fraction of sp³-hybridized carbons (Fsp3) is 0. The molecule has 0 saturated carbocycles. The summed E-state index contributed by atoms with van der Waals surface area (Å²) in [5, 5.41) is 1.65. The summed E-state index contributed by atoms with van der Waals surface area (Å²) in [5.41, 5.74) is 9.02. The van der Waals surface area contributed by atoms with Crippen molar-refractivity contribution in [2.75, 3.05) is 0 Å². The van der Waals surface area contributed by atoms with E-state index in [1.54, 1.807) is 0 Å². The molecule has 0 saturated heterocycles. The SMILES string of the molecule is Fc1cc(F)cc(-c2ccc3c(c2)c2cc(-c4cc(F)cc(F)c4)ccc2n3-c2ccccc2-c2ccccc2-c2ccccc2)c1. The van der Waals surface area contributed by atoms with Crippen LogP contribution in [0.3, 0.4) is 0 Å². The van der Waals surface area contributed by atoms with Crippen molar-refractivity contribution in [2.24, 2.45) is 0 Å². The zero-order valence-corrected chi connectivity index (χ0v) is 24.9. The number of nitrogens with zero attached hydrogens (tertiary/aromatic N) is 1. The van der Waals surface area contributed by atoms with Gasteiger partial charge in [0, 0.05) is 28.5 Å². The van der Waals surface area contributed by atoms with Crippen LogP contribution in [0.5, 0.6) is 0 Å². The molecule has 0 amide bonds. The van der Waals surface area contributed by atoms with Crippen LogP contribution >= 0.6 is 0 Å². The van der Waals surface area contributed by atoms with Crippen molar-refractivity contribution in [3.63, 3.8) is 0 Å². The van der Waals surface area contributed by atoms with Crippen LogP contribution in [0.15, 0.2) is 152 Å². The summed E-state index contributed by atoms with van der Waals surface area (Å²) >= 11 is 0. The summed E-state index contributed by atoms with van der Waals surface area (Å²) in [7, 11) is 0. The van der Waals surface area contributed by atoms with E-state index in [2.05, 4.69) is 41.0 Å². The summed E-state index contributed by atoms with van der Waals surface area (Å²) in [6.07, 6.45) is 0. The van der Waals surface area contributed by atoms with E-state index in [1.807, 2.05) is 78.9 Å². The van der Waals surface area contributed by atoms with Crippen LogP contribution in [-0.2, 0) is 0 Å². The number of fused-ring (bicyclic) bond motifs is 3. The molecule has 0 N–H and O–H groups in total. The predicted octanol–water partition coefficient (Wildman–Crippen LogP) is 12.0. The quantitative estimate of drug-likeness (QED) is 0.169. The topological polar surface area (TPSA) is 4.93 Å². The minimum Gasteiger partial charge on any atom is -0.309 e. The first-order valence-electron chi connectivity index (χ1n) is 15.2. The van der Waals surface area contributed by atoms with Gasteiger partial charge in [-0.05, 0) is 93.5 Å². The van der Waals surface area contributed by atoms with Gasteiger partial charge in [-0.3, -0.25) is 0 Å². The molecule has 0 unspecified atom stereocenters. The van der Waals surface area contributed by atoms with Crippen LogP contribution in [0.2, 0.25) is 0 Å². The van der Waals surface area contributed by atoms with E-state index in [-0.39, 0.29) is 0 Å². The van der Waals surface area contributed by atoms with E-state index >= 15 is 0 Å². The first-order chi connectivity index (χ1) is 22.9. The normalized spacial score (nSPS) is 11.4. The number of hydrogen-bond donors (Lipinski definition) is 0. The average molecular weight is 620 g/mol. The smallest absolute Gasteiger partial charge is 0.126 e. The Labute approximate surface area is 268 Å².